The molecule has 0 spiro atoms. The van der Waals surface area contributed by atoms with E-state index < -0.39 is 5.91 Å². The Morgan fingerprint density at radius 2 is 1.78 bits per heavy atom. The van der Waals surface area contributed by atoms with E-state index in [1.165, 1.54) is 12.4 Å². The zero-order valence-corrected chi connectivity index (χ0v) is 17.8. The molecule has 9 heteroatoms. The van der Waals surface area contributed by atoms with Gasteiger partial charge in [0.05, 0.1) is 16.6 Å². The first-order chi connectivity index (χ1) is 15.3. The van der Waals surface area contributed by atoms with Gasteiger partial charge in [-0.25, -0.2) is 15.0 Å². The number of pyridine rings is 1. The highest BCUT2D eigenvalue weighted by molar-refractivity contribution is 6.11. The lowest BCUT2D eigenvalue weighted by Gasteiger charge is -2.08. The molecule has 0 bridgehead atoms. The summed E-state index contributed by atoms with van der Waals surface area (Å²) in [7, 11) is 0. The van der Waals surface area contributed by atoms with E-state index in [1.807, 2.05) is 20.8 Å². The van der Waals surface area contributed by atoms with Crippen molar-refractivity contribution in [2.24, 2.45) is 5.41 Å². The molecule has 0 fully saturated rings. The second-order valence-corrected chi connectivity index (χ2v) is 8.03. The first kappa shape index (κ1) is 20.8. The number of hydrogen-bond acceptors (Lipinski definition) is 5. The Labute approximate surface area is 184 Å². The average Bonchev–Trinajstić information content (AvgIpc) is 3.40. The summed E-state index contributed by atoms with van der Waals surface area (Å²) in [5.74, 6) is 5.83. The minimum absolute atomic E-state index is 0.195. The average molecular weight is 427 g/mol. The molecule has 4 N–H and O–H groups in total. The van der Waals surface area contributed by atoms with Gasteiger partial charge in [0.1, 0.15) is 11.2 Å². The summed E-state index contributed by atoms with van der Waals surface area (Å²) in [5, 5.41) is 5.38. The van der Waals surface area contributed by atoms with Crippen LogP contribution in [0.2, 0.25) is 0 Å². The van der Waals surface area contributed by atoms with Crippen LogP contribution in [0.5, 0.6) is 0 Å². The second-order valence-electron chi connectivity index (χ2n) is 8.03. The molecule has 3 heterocycles. The number of anilines is 2. The molecule has 4 aromatic rings. The van der Waals surface area contributed by atoms with E-state index >= 15 is 0 Å². The van der Waals surface area contributed by atoms with Crippen LogP contribution in [0.4, 0.5) is 11.9 Å². The van der Waals surface area contributed by atoms with E-state index in [-0.39, 0.29) is 23.0 Å². The lowest BCUT2D eigenvalue weighted by atomic mass is 9.97. The molecule has 1 aromatic carbocycles. The summed E-state index contributed by atoms with van der Waals surface area (Å²) in [6.45, 7) is 5.97. The van der Waals surface area contributed by atoms with E-state index in [9.17, 15) is 9.59 Å². The molecule has 0 atom stereocenters. The topological polar surface area (TPSA) is 128 Å². The fourth-order valence-corrected chi connectivity index (χ4v) is 2.89. The Morgan fingerprint density at radius 3 is 2.53 bits per heavy atom. The molecule has 4 rings (SSSR count). The molecular weight excluding hydrogens is 406 g/mol. The number of imidazole rings is 2. The molecule has 3 aromatic heterocycles. The largest absolute Gasteiger partial charge is 0.331 e. The number of H-pyrrole nitrogens is 2. The lowest BCUT2D eigenvalue weighted by molar-refractivity contribution is 0.101. The van der Waals surface area contributed by atoms with Crippen molar-refractivity contribution in [3.8, 4) is 11.8 Å². The number of amides is 2. The van der Waals surface area contributed by atoms with Crippen LogP contribution >= 0.6 is 0 Å². The Kier molecular flexibility index (Phi) is 5.43. The van der Waals surface area contributed by atoms with Crippen LogP contribution in [0.3, 0.4) is 0 Å². The van der Waals surface area contributed by atoms with Crippen molar-refractivity contribution in [2.75, 3.05) is 10.6 Å². The van der Waals surface area contributed by atoms with Crippen molar-refractivity contribution in [2.45, 2.75) is 20.8 Å². The summed E-state index contributed by atoms with van der Waals surface area (Å²) in [5.41, 5.74) is 1.86. The van der Waals surface area contributed by atoms with Gasteiger partial charge in [-0.05, 0) is 45.0 Å². The van der Waals surface area contributed by atoms with Gasteiger partial charge in [-0.2, -0.15) is 0 Å². The maximum Gasteiger partial charge on any atom is 0.277 e. The van der Waals surface area contributed by atoms with Crippen molar-refractivity contribution in [1.82, 2.24) is 24.9 Å². The van der Waals surface area contributed by atoms with Crippen molar-refractivity contribution in [1.29, 1.82) is 0 Å². The van der Waals surface area contributed by atoms with E-state index in [0.29, 0.717) is 28.1 Å². The third-order valence-corrected chi connectivity index (χ3v) is 4.31. The number of carbonyl (C=O) groups is 2. The van der Waals surface area contributed by atoms with Crippen LogP contribution in [0.25, 0.3) is 11.0 Å². The van der Waals surface area contributed by atoms with E-state index in [1.54, 1.807) is 36.5 Å². The van der Waals surface area contributed by atoms with E-state index in [0.717, 1.165) is 0 Å². The maximum atomic E-state index is 12.9. The van der Waals surface area contributed by atoms with Gasteiger partial charge in [0.2, 0.25) is 11.9 Å². The van der Waals surface area contributed by atoms with E-state index in [4.69, 9.17) is 0 Å². The van der Waals surface area contributed by atoms with Crippen molar-refractivity contribution in [3.63, 3.8) is 0 Å². The van der Waals surface area contributed by atoms with Gasteiger partial charge in [0.25, 0.3) is 11.8 Å². The van der Waals surface area contributed by atoms with Crippen molar-refractivity contribution >= 4 is 34.7 Å². The normalized spacial score (nSPS) is 11.0. The highest BCUT2D eigenvalue weighted by atomic mass is 16.2. The predicted molar refractivity (Wildman–Crippen MR) is 121 cm³/mol. The third kappa shape index (κ3) is 4.65. The molecule has 2 amide bonds. The first-order valence-electron chi connectivity index (χ1n) is 9.89. The van der Waals surface area contributed by atoms with Gasteiger partial charge in [-0.3, -0.25) is 20.2 Å². The second kappa shape index (κ2) is 8.35. The molecule has 160 valence electrons. The SMILES string of the molecule is CC(C)(C)C#Cc1cccnc1C(=O)Nc1nc2c(C(=O)Nc3ncc[nH]3)cccc2[nH]1. The monoisotopic (exact) mass is 427 g/mol. The summed E-state index contributed by atoms with van der Waals surface area (Å²) < 4.78 is 0. The fraction of sp³-hybridized carbons (Fsp3) is 0.174. The number of para-hydroxylation sites is 1. The molecule has 0 radical (unpaired) electrons. The zero-order chi connectivity index (χ0) is 22.7. The molecule has 0 aliphatic rings. The van der Waals surface area contributed by atoms with Gasteiger partial charge < -0.3 is 9.97 Å². The van der Waals surface area contributed by atoms with Crippen molar-refractivity contribution < 1.29 is 9.59 Å². The Hall–Kier alpha value is -4.45. The highest BCUT2D eigenvalue weighted by Crippen LogP contribution is 2.20. The maximum absolute atomic E-state index is 12.9. The standard InChI is InChI=1S/C23H21N7O2/c1-23(2,3)10-9-14-6-5-11-24-17(14)20(32)30-22-27-16-8-4-7-15(18(16)28-22)19(31)29-21-25-12-13-26-21/h4-8,11-13H,1-3H3,(H2,25,26,29,31)(H2,27,28,30,32). The molecule has 0 unspecified atom stereocenters. The first-order valence-corrected chi connectivity index (χ1v) is 9.89. The summed E-state index contributed by atoms with van der Waals surface area (Å²) in [6, 6.07) is 8.61. The molecule has 9 nitrogen and oxygen atoms in total. The third-order valence-electron chi connectivity index (χ3n) is 4.31. The molecule has 0 saturated carbocycles. The predicted octanol–water partition coefficient (Wildman–Crippen LogP) is 3.58. The smallest absolute Gasteiger partial charge is 0.277 e. The number of rotatable bonds is 4. The summed E-state index contributed by atoms with van der Waals surface area (Å²) in [4.78, 5) is 43.9. The minimum atomic E-state index is -0.454. The molecule has 0 aliphatic carbocycles. The fourth-order valence-electron chi connectivity index (χ4n) is 2.89. The van der Waals surface area contributed by atoms with Crippen LogP contribution in [0.1, 0.15) is 47.2 Å². The Bertz CT molecular complexity index is 1350. The number of benzene rings is 1. The Balaban J connectivity index is 1.60. The number of fused-ring (bicyclic) bond motifs is 1. The minimum Gasteiger partial charge on any atom is -0.331 e. The van der Waals surface area contributed by atoms with E-state index in [2.05, 4.69) is 47.4 Å². The van der Waals surface area contributed by atoms with Crippen molar-refractivity contribution in [3.05, 3.63) is 65.7 Å². The van der Waals surface area contributed by atoms with Gasteiger partial charge >= 0.3 is 0 Å². The van der Waals surface area contributed by atoms with Gasteiger partial charge in [-0.1, -0.05) is 17.9 Å². The number of nitrogens with zero attached hydrogens (tertiary/aromatic N) is 3. The molecule has 0 aliphatic heterocycles. The quantitative estimate of drug-likeness (QED) is 0.370. The summed E-state index contributed by atoms with van der Waals surface area (Å²) >= 11 is 0. The van der Waals surface area contributed by atoms with Gasteiger partial charge in [-0.15, -0.1) is 0 Å². The molecule has 32 heavy (non-hydrogen) atoms. The lowest BCUT2D eigenvalue weighted by Crippen LogP contribution is -2.16. The number of aromatic nitrogens is 5. The van der Waals surface area contributed by atoms with Gasteiger partial charge in [0.15, 0.2) is 0 Å². The highest BCUT2D eigenvalue weighted by Gasteiger charge is 2.18. The van der Waals surface area contributed by atoms with Crippen LogP contribution < -0.4 is 10.6 Å². The number of nitrogens with one attached hydrogen (secondary N) is 4. The van der Waals surface area contributed by atoms with Gasteiger partial charge in [0, 0.05) is 24.0 Å². The van der Waals surface area contributed by atoms with Crippen LogP contribution in [0.15, 0.2) is 48.9 Å². The number of carbonyl (C=O) groups excluding carboxylic acids is 2. The van der Waals surface area contributed by atoms with Crippen LogP contribution in [0, 0.1) is 17.3 Å². The van der Waals surface area contributed by atoms with Crippen LogP contribution in [-0.2, 0) is 0 Å². The summed E-state index contributed by atoms with van der Waals surface area (Å²) in [6.07, 6.45) is 4.68. The zero-order valence-electron chi connectivity index (χ0n) is 17.8. The van der Waals surface area contributed by atoms with Crippen LogP contribution in [-0.4, -0.2) is 36.7 Å². The number of hydrogen-bond donors (Lipinski definition) is 4. The Morgan fingerprint density at radius 1 is 0.969 bits per heavy atom. The molecular formula is C23H21N7O2. The molecule has 0 saturated heterocycles. The number of aromatic amines is 2.